The fraction of sp³-hybridized carbons (Fsp3) is 0.462. The van der Waals surface area contributed by atoms with Crippen molar-refractivity contribution in [2.75, 3.05) is 14.2 Å². The van der Waals surface area contributed by atoms with Crippen LogP contribution in [0.1, 0.15) is 31.9 Å². The van der Waals surface area contributed by atoms with E-state index in [4.69, 9.17) is 9.57 Å². The van der Waals surface area contributed by atoms with Gasteiger partial charge < -0.3 is 9.57 Å². The maximum absolute atomic E-state index is 5.10. The first-order valence-electron chi connectivity index (χ1n) is 5.44. The van der Waals surface area contributed by atoms with Crippen LogP contribution in [0.5, 0.6) is 0 Å². The third-order valence-electron chi connectivity index (χ3n) is 1.94. The largest absolute Gasteiger partial charge is 0.399 e. The fourth-order valence-electron chi connectivity index (χ4n) is 1.34. The van der Waals surface area contributed by atoms with Crippen molar-refractivity contribution in [1.82, 2.24) is 0 Å². The van der Waals surface area contributed by atoms with Crippen LogP contribution in [-0.4, -0.2) is 19.9 Å². The molecule has 0 saturated carbocycles. The van der Waals surface area contributed by atoms with E-state index in [0.717, 1.165) is 16.8 Å². The van der Waals surface area contributed by atoms with Crippen LogP contribution in [0.3, 0.4) is 0 Å². The predicted molar refractivity (Wildman–Crippen MR) is 67.7 cm³/mol. The first kappa shape index (κ1) is 14.6. The van der Waals surface area contributed by atoms with Crippen molar-refractivity contribution in [2.24, 2.45) is 5.16 Å². The van der Waals surface area contributed by atoms with Crippen LogP contribution in [-0.2, 0) is 16.2 Å². The molecule has 0 heterocycles. The summed E-state index contributed by atoms with van der Waals surface area (Å²) in [7, 11) is 3.22. The molecule has 0 aliphatic heterocycles. The van der Waals surface area contributed by atoms with Gasteiger partial charge in [0.05, 0.1) is 12.3 Å². The molecule has 1 rings (SSSR count). The molecule has 3 heteroatoms. The van der Waals surface area contributed by atoms with E-state index in [1.807, 2.05) is 45.0 Å². The Hall–Kier alpha value is -1.35. The topological polar surface area (TPSA) is 30.8 Å². The molecule has 16 heavy (non-hydrogen) atoms. The van der Waals surface area contributed by atoms with Crippen molar-refractivity contribution in [1.29, 1.82) is 0 Å². The molecule has 0 unspecified atom stereocenters. The second-order valence-corrected chi connectivity index (χ2v) is 2.95. The first-order chi connectivity index (χ1) is 7.79. The summed E-state index contributed by atoms with van der Waals surface area (Å²) in [6.07, 6.45) is 0. The molecule has 0 N–H and O–H groups in total. The molecule has 0 spiro atoms. The molecule has 0 radical (unpaired) electrons. The second-order valence-electron chi connectivity index (χ2n) is 2.95. The predicted octanol–water partition coefficient (Wildman–Crippen LogP) is 3.23. The Morgan fingerprint density at radius 1 is 1.19 bits per heavy atom. The van der Waals surface area contributed by atoms with Crippen LogP contribution >= 0.6 is 0 Å². The normalized spacial score (nSPS) is 10.4. The highest BCUT2D eigenvalue weighted by atomic mass is 16.6. The van der Waals surface area contributed by atoms with E-state index in [-0.39, 0.29) is 0 Å². The summed E-state index contributed by atoms with van der Waals surface area (Å²) in [6, 6.07) is 7.99. The minimum absolute atomic E-state index is 0.590. The number of oxime groups is 1. The minimum atomic E-state index is 0.590. The lowest BCUT2D eigenvalue weighted by Crippen LogP contribution is -2.02. The zero-order valence-electron chi connectivity index (χ0n) is 10.8. The van der Waals surface area contributed by atoms with Crippen LogP contribution in [0, 0.1) is 0 Å². The van der Waals surface area contributed by atoms with Crippen LogP contribution < -0.4 is 0 Å². The van der Waals surface area contributed by atoms with E-state index in [1.165, 1.54) is 0 Å². The Morgan fingerprint density at radius 3 is 2.38 bits per heavy atom. The molecule has 0 atom stereocenters. The van der Waals surface area contributed by atoms with E-state index in [2.05, 4.69) is 5.16 Å². The maximum Gasteiger partial charge on any atom is 0.106 e. The van der Waals surface area contributed by atoms with E-state index in [0.29, 0.717) is 6.61 Å². The first-order valence-corrected chi connectivity index (χ1v) is 5.44. The van der Waals surface area contributed by atoms with E-state index in [9.17, 15) is 0 Å². The Labute approximate surface area is 98.1 Å². The van der Waals surface area contributed by atoms with Gasteiger partial charge in [0.25, 0.3) is 0 Å². The molecule has 3 nitrogen and oxygen atoms in total. The lowest BCUT2D eigenvalue weighted by atomic mass is 10.0. The zero-order chi connectivity index (χ0) is 12.4. The second kappa shape index (κ2) is 8.92. The van der Waals surface area contributed by atoms with Crippen molar-refractivity contribution in [3.05, 3.63) is 35.4 Å². The van der Waals surface area contributed by atoms with Crippen molar-refractivity contribution < 1.29 is 9.57 Å². The molecule has 0 aliphatic carbocycles. The van der Waals surface area contributed by atoms with E-state index < -0.39 is 0 Å². The third kappa shape index (κ3) is 4.45. The van der Waals surface area contributed by atoms with Gasteiger partial charge in [0.15, 0.2) is 0 Å². The number of rotatable bonds is 4. The SMILES string of the molecule is CC.COCc1ccccc1C(C)=NOC. The monoisotopic (exact) mass is 223 g/mol. The van der Waals surface area contributed by atoms with Gasteiger partial charge in [-0.3, -0.25) is 0 Å². The Bertz CT molecular complexity index is 321. The number of methoxy groups -OCH3 is 1. The Morgan fingerprint density at radius 2 is 1.81 bits per heavy atom. The number of benzene rings is 1. The quantitative estimate of drug-likeness (QED) is 0.579. The standard InChI is InChI=1S/C11H15NO2.C2H6/c1-9(12-14-3)11-7-5-4-6-10(11)8-13-2;1-2/h4-7H,8H2,1-3H3;1-2H3. The zero-order valence-corrected chi connectivity index (χ0v) is 10.8. The van der Waals surface area contributed by atoms with Gasteiger partial charge in [0.1, 0.15) is 7.11 Å². The average molecular weight is 223 g/mol. The number of ether oxygens (including phenoxy) is 1. The van der Waals surface area contributed by atoms with Crippen LogP contribution in [0.25, 0.3) is 0 Å². The van der Waals surface area contributed by atoms with Gasteiger partial charge in [-0.2, -0.15) is 0 Å². The van der Waals surface area contributed by atoms with Crippen molar-refractivity contribution in [3.8, 4) is 0 Å². The van der Waals surface area contributed by atoms with Gasteiger partial charge >= 0.3 is 0 Å². The van der Waals surface area contributed by atoms with E-state index in [1.54, 1.807) is 14.2 Å². The molecule has 0 aromatic heterocycles. The summed E-state index contributed by atoms with van der Waals surface area (Å²) in [5.74, 6) is 0. The Kier molecular flexibility index (Phi) is 8.17. The molecule has 1 aromatic rings. The number of hydrogen-bond acceptors (Lipinski definition) is 3. The summed E-state index contributed by atoms with van der Waals surface area (Å²) in [6.45, 7) is 6.50. The van der Waals surface area contributed by atoms with Crippen LogP contribution in [0.2, 0.25) is 0 Å². The lowest BCUT2D eigenvalue weighted by molar-refractivity contribution is 0.184. The molecule has 1 aromatic carbocycles. The minimum Gasteiger partial charge on any atom is -0.399 e. The van der Waals surface area contributed by atoms with Crippen LogP contribution in [0.15, 0.2) is 29.4 Å². The highest BCUT2D eigenvalue weighted by Crippen LogP contribution is 2.11. The van der Waals surface area contributed by atoms with Crippen molar-refractivity contribution in [2.45, 2.75) is 27.4 Å². The summed E-state index contributed by atoms with van der Waals surface area (Å²) >= 11 is 0. The van der Waals surface area contributed by atoms with Crippen molar-refractivity contribution >= 4 is 5.71 Å². The molecule has 0 fully saturated rings. The number of nitrogens with zero attached hydrogens (tertiary/aromatic N) is 1. The molecule has 90 valence electrons. The molecule has 0 bridgehead atoms. The number of hydrogen-bond donors (Lipinski definition) is 0. The van der Waals surface area contributed by atoms with Gasteiger partial charge in [-0.25, -0.2) is 0 Å². The lowest BCUT2D eigenvalue weighted by Gasteiger charge is -2.07. The average Bonchev–Trinajstić information content (AvgIpc) is 2.33. The molecule has 0 saturated heterocycles. The van der Waals surface area contributed by atoms with E-state index >= 15 is 0 Å². The van der Waals surface area contributed by atoms with Gasteiger partial charge in [-0.05, 0) is 12.5 Å². The summed E-state index contributed by atoms with van der Waals surface area (Å²) in [5.41, 5.74) is 3.05. The third-order valence-corrected chi connectivity index (χ3v) is 1.94. The Balaban J connectivity index is 0.00000106. The smallest absolute Gasteiger partial charge is 0.106 e. The molecule has 0 amide bonds. The maximum atomic E-state index is 5.10. The van der Waals surface area contributed by atoms with Gasteiger partial charge in [-0.15, -0.1) is 0 Å². The van der Waals surface area contributed by atoms with Crippen LogP contribution in [0.4, 0.5) is 0 Å². The molecule has 0 aliphatic rings. The van der Waals surface area contributed by atoms with Crippen molar-refractivity contribution in [3.63, 3.8) is 0 Å². The summed E-state index contributed by atoms with van der Waals surface area (Å²) < 4.78 is 5.10. The van der Waals surface area contributed by atoms with Gasteiger partial charge in [0, 0.05) is 12.7 Å². The van der Waals surface area contributed by atoms with Gasteiger partial charge in [0.2, 0.25) is 0 Å². The molecular formula is C13H21NO2. The summed E-state index contributed by atoms with van der Waals surface area (Å²) in [5, 5.41) is 3.90. The summed E-state index contributed by atoms with van der Waals surface area (Å²) in [4.78, 5) is 4.74. The highest BCUT2D eigenvalue weighted by Gasteiger charge is 2.04. The molecular weight excluding hydrogens is 202 g/mol. The van der Waals surface area contributed by atoms with Gasteiger partial charge in [-0.1, -0.05) is 43.3 Å². The highest BCUT2D eigenvalue weighted by molar-refractivity contribution is 5.99. The fourth-order valence-corrected chi connectivity index (χ4v) is 1.34.